The van der Waals surface area contributed by atoms with Crippen molar-refractivity contribution in [3.8, 4) is 5.82 Å². The summed E-state index contributed by atoms with van der Waals surface area (Å²) in [4.78, 5) is 19.0. The number of aromatic nitrogens is 3. The molecule has 0 bridgehead atoms. The minimum atomic E-state index is -0.233. The molecule has 7 nitrogen and oxygen atoms in total. The van der Waals surface area contributed by atoms with Crippen molar-refractivity contribution in [1.82, 2.24) is 25.0 Å². The largest absolute Gasteiger partial charge is 0.334 e. The molecule has 0 unspecified atom stereocenters. The van der Waals surface area contributed by atoms with Gasteiger partial charge in [-0.25, -0.2) is 14.5 Å². The Labute approximate surface area is 165 Å². The van der Waals surface area contributed by atoms with Gasteiger partial charge in [0.15, 0.2) is 5.82 Å². The van der Waals surface area contributed by atoms with E-state index in [0.717, 1.165) is 42.3 Å². The molecule has 0 saturated heterocycles. The number of carbonyl (C=O) groups is 1. The Morgan fingerprint density at radius 2 is 1.93 bits per heavy atom. The zero-order valence-electron chi connectivity index (χ0n) is 16.3. The van der Waals surface area contributed by atoms with Crippen molar-refractivity contribution in [2.45, 2.75) is 26.9 Å². The van der Waals surface area contributed by atoms with E-state index < -0.39 is 0 Å². The van der Waals surface area contributed by atoms with Crippen LogP contribution >= 0.6 is 0 Å². The quantitative estimate of drug-likeness (QED) is 0.630. The maximum atomic E-state index is 12.3. The highest BCUT2D eigenvalue weighted by molar-refractivity contribution is 5.90. The number of amides is 2. The zero-order valence-corrected chi connectivity index (χ0v) is 16.3. The van der Waals surface area contributed by atoms with Gasteiger partial charge in [-0.15, -0.1) is 0 Å². The highest BCUT2D eigenvalue weighted by Crippen LogP contribution is 2.17. The summed E-state index contributed by atoms with van der Waals surface area (Å²) in [6.45, 7) is 7.42. The third-order valence-electron chi connectivity index (χ3n) is 4.56. The van der Waals surface area contributed by atoms with Crippen LogP contribution in [0.25, 0.3) is 5.82 Å². The Morgan fingerprint density at radius 3 is 2.61 bits per heavy atom. The van der Waals surface area contributed by atoms with E-state index in [9.17, 15) is 4.79 Å². The molecule has 0 spiro atoms. The predicted molar refractivity (Wildman–Crippen MR) is 110 cm³/mol. The second-order valence-electron chi connectivity index (χ2n) is 6.40. The Hall–Kier alpha value is -3.19. The second kappa shape index (κ2) is 9.66. The van der Waals surface area contributed by atoms with Gasteiger partial charge in [-0.1, -0.05) is 38.1 Å². The summed E-state index contributed by atoms with van der Waals surface area (Å²) in [5, 5.41) is 9.99. The second-order valence-corrected chi connectivity index (χ2v) is 6.40. The summed E-state index contributed by atoms with van der Waals surface area (Å²) in [6.07, 6.45) is 5.29. The van der Waals surface area contributed by atoms with Crippen molar-refractivity contribution in [3.05, 3.63) is 72.2 Å². The Morgan fingerprint density at radius 1 is 1.11 bits per heavy atom. The molecule has 0 fully saturated rings. The fraction of sp³-hybridized carbons (Fsp3) is 0.286. The van der Waals surface area contributed by atoms with Crippen LogP contribution in [0.2, 0.25) is 0 Å². The number of urea groups is 1. The molecule has 0 radical (unpaired) electrons. The van der Waals surface area contributed by atoms with Crippen LogP contribution in [0.3, 0.4) is 0 Å². The Kier molecular flexibility index (Phi) is 6.75. The average molecular weight is 378 g/mol. The molecule has 1 aromatic carbocycles. The van der Waals surface area contributed by atoms with Gasteiger partial charge in [-0.3, -0.25) is 4.90 Å². The molecule has 2 N–H and O–H groups in total. The van der Waals surface area contributed by atoms with Crippen molar-refractivity contribution >= 4 is 11.7 Å². The topological polar surface area (TPSA) is 75.1 Å². The van der Waals surface area contributed by atoms with Crippen LogP contribution in [0.1, 0.15) is 25.0 Å². The SMILES string of the molecule is CCN(CC)Cc1ccccc1NC(=O)NCc1ccc(-n2cccn2)nc1. The van der Waals surface area contributed by atoms with Gasteiger partial charge in [0.2, 0.25) is 0 Å². The normalized spacial score (nSPS) is 10.8. The summed E-state index contributed by atoms with van der Waals surface area (Å²) in [6, 6.07) is 13.3. The van der Waals surface area contributed by atoms with Gasteiger partial charge in [0.25, 0.3) is 0 Å². The summed E-state index contributed by atoms with van der Waals surface area (Å²) in [5.74, 6) is 0.739. The van der Waals surface area contributed by atoms with Crippen LogP contribution in [0, 0.1) is 0 Å². The van der Waals surface area contributed by atoms with Crippen molar-refractivity contribution in [3.63, 3.8) is 0 Å². The first-order valence-electron chi connectivity index (χ1n) is 9.49. The van der Waals surface area contributed by atoms with E-state index in [1.54, 1.807) is 17.1 Å². The Bertz CT molecular complexity index is 872. The minimum absolute atomic E-state index is 0.233. The molecule has 0 aliphatic rings. The smallest absolute Gasteiger partial charge is 0.319 e. The predicted octanol–water partition coefficient (Wildman–Crippen LogP) is 3.43. The van der Waals surface area contributed by atoms with Gasteiger partial charge in [0.05, 0.1) is 0 Å². The van der Waals surface area contributed by atoms with Crippen molar-refractivity contribution < 1.29 is 4.79 Å². The molecule has 3 aromatic rings. The van der Waals surface area contributed by atoms with Gasteiger partial charge >= 0.3 is 6.03 Å². The number of hydrogen-bond donors (Lipinski definition) is 2. The van der Waals surface area contributed by atoms with E-state index in [0.29, 0.717) is 6.54 Å². The van der Waals surface area contributed by atoms with E-state index in [4.69, 9.17) is 0 Å². The lowest BCUT2D eigenvalue weighted by Gasteiger charge is -2.20. The van der Waals surface area contributed by atoms with Crippen molar-refractivity contribution in [1.29, 1.82) is 0 Å². The molecule has 3 rings (SSSR count). The number of anilines is 1. The number of nitrogens with zero attached hydrogens (tertiary/aromatic N) is 4. The molecule has 2 amide bonds. The zero-order chi connectivity index (χ0) is 19.8. The van der Waals surface area contributed by atoms with Crippen LogP contribution in [0.15, 0.2) is 61.1 Å². The number of hydrogen-bond acceptors (Lipinski definition) is 4. The average Bonchev–Trinajstić information content (AvgIpc) is 3.27. The molecule has 28 heavy (non-hydrogen) atoms. The summed E-state index contributed by atoms with van der Waals surface area (Å²) in [5.41, 5.74) is 2.85. The molecule has 0 aliphatic heterocycles. The molecule has 146 valence electrons. The number of benzene rings is 1. The molecule has 0 atom stereocenters. The third kappa shape index (κ3) is 5.17. The molecule has 0 aliphatic carbocycles. The number of carbonyl (C=O) groups excluding carboxylic acids is 1. The van der Waals surface area contributed by atoms with Gasteiger partial charge in [-0.05, 0) is 42.4 Å². The lowest BCUT2D eigenvalue weighted by atomic mass is 10.1. The number of rotatable bonds is 8. The first kappa shape index (κ1) is 19.6. The summed E-state index contributed by atoms with van der Waals surface area (Å²) >= 11 is 0. The fourth-order valence-electron chi connectivity index (χ4n) is 2.88. The number of nitrogens with one attached hydrogen (secondary N) is 2. The van der Waals surface area contributed by atoms with E-state index in [-0.39, 0.29) is 6.03 Å². The molecule has 0 saturated carbocycles. The fourth-order valence-corrected chi connectivity index (χ4v) is 2.88. The van der Waals surface area contributed by atoms with E-state index in [1.165, 1.54) is 0 Å². The number of para-hydroxylation sites is 1. The van der Waals surface area contributed by atoms with Gasteiger partial charge in [-0.2, -0.15) is 5.10 Å². The monoisotopic (exact) mass is 378 g/mol. The van der Waals surface area contributed by atoms with Gasteiger partial charge in [0.1, 0.15) is 0 Å². The maximum Gasteiger partial charge on any atom is 0.319 e. The van der Waals surface area contributed by atoms with E-state index in [2.05, 4.69) is 39.5 Å². The maximum absolute atomic E-state index is 12.3. The molecular formula is C21H26N6O. The highest BCUT2D eigenvalue weighted by Gasteiger charge is 2.09. The standard InChI is InChI=1S/C21H26N6O/c1-3-26(4-2)16-18-8-5-6-9-19(18)25-21(28)23-15-17-10-11-20(22-14-17)27-13-7-12-24-27/h5-14H,3-4,15-16H2,1-2H3,(H2,23,25,28). The minimum Gasteiger partial charge on any atom is -0.334 e. The van der Waals surface area contributed by atoms with Crippen molar-refractivity contribution in [2.24, 2.45) is 0 Å². The first-order valence-corrected chi connectivity index (χ1v) is 9.49. The van der Waals surface area contributed by atoms with Crippen LogP contribution in [0.4, 0.5) is 10.5 Å². The summed E-state index contributed by atoms with van der Waals surface area (Å²) in [7, 11) is 0. The van der Waals surface area contributed by atoms with Crippen LogP contribution in [-0.4, -0.2) is 38.8 Å². The first-order chi connectivity index (χ1) is 13.7. The van der Waals surface area contributed by atoms with Crippen LogP contribution < -0.4 is 10.6 Å². The molecule has 2 heterocycles. The molecule has 7 heteroatoms. The summed E-state index contributed by atoms with van der Waals surface area (Å²) < 4.78 is 1.69. The number of pyridine rings is 1. The van der Waals surface area contributed by atoms with E-state index in [1.807, 2.05) is 48.7 Å². The van der Waals surface area contributed by atoms with E-state index >= 15 is 0 Å². The lowest BCUT2D eigenvalue weighted by Crippen LogP contribution is -2.29. The van der Waals surface area contributed by atoms with Crippen LogP contribution in [0.5, 0.6) is 0 Å². The molecular weight excluding hydrogens is 352 g/mol. The van der Waals surface area contributed by atoms with Crippen LogP contribution in [-0.2, 0) is 13.1 Å². The molecule has 2 aromatic heterocycles. The van der Waals surface area contributed by atoms with Gasteiger partial charge in [0, 0.05) is 37.4 Å². The van der Waals surface area contributed by atoms with Crippen molar-refractivity contribution in [2.75, 3.05) is 18.4 Å². The van der Waals surface area contributed by atoms with Gasteiger partial charge < -0.3 is 10.6 Å². The highest BCUT2D eigenvalue weighted by atomic mass is 16.2. The third-order valence-corrected chi connectivity index (χ3v) is 4.56. The lowest BCUT2D eigenvalue weighted by molar-refractivity contribution is 0.251. The Balaban J connectivity index is 1.56.